The Morgan fingerprint density at radius 1 is 1.11 bits per heavy atom. The van der Waals surface area contributed by atoms with Gasteiger partial charge in [0, 0.05) is 11.5 Å². The monoisotopic (exact) mass is 319 g/mol. The molecule has 0 saturated carbocycles. The molecule has 0 spiro atoms. The van der Waals surface area contributed by atoms with Crippen LogP contribution in [0.25, 0.3) is 0 Å². The van der Waals surface area contributed by atoms with E-state index in [1.807, 2.05) is 30.3 Å². The molecule has 0 aliphatic carbocycles. The summed E-state index contributed by atoms with van der Waals surface area (Å²) in [4.78, 5) is 13.7. The van der Waals surface area contributed by atoms with Crippen molar-refractivity contribution in [1.29, 1.82) is 0 Å². The summed E-state index contributed by atoms with van der Waals surface area (Å²) in [5, 5.41) is 10.1. The van der Waals surface area contributed by atoms with Crippen LogP contribution < -0.4 is 4.90 Å². The van der Waals surface area contributed by atoms with Gasteiger partial charge in [-0.05, 0) is 33.6 Å². The van der Waals surface area contributed by atoms with Gasteiger partial charge in [0.1, 0.15) is 0 Å². The van der Waals surface area contributed by atoms with Gasteiger partial charge < -0.3 is 10.0 Å². The number of halogens is 1. The van der Waals surface area contributed by atoms with E-state index in [1.54, 1.807) is 31.3 Å². The molecule has 3 nitrogen and oxygen atoms in total. The molecule has 19 heavy (non-hydrogen) atoms. The third-order valence-electron chi connectivity index (χ3n) is 2.89. The lowest BCUT2D eigenvalue weighted by atomic mass is 10.1. The lowest BCUT2D eigenvalue weighted by Gasteiger charge is -2.22. The number of hydrogen-bond donors (Lipinski definition) is 1. The van der Waals surface area contributed by atoms with Crippen molar-refractivity contribution in [2.45, 2.75) is 6.10 Å². The van der Waals surface area contributed by atoms with E-state index >= 15 is 0 Å². The predicted octanol–water partition coefficient (Wildman–Crippen LogP) is 3.15. The van der Waals surface area contributed by atoms with Gasteiger partial charge in [0.05, 0.1) is 5.69 Å². The van der Waals surface area contributed by atoms with Gasteiger partial charge in [-0.1, -0.05) is 42.5 Å². The van der Waals surface area contributed by atoms with Crippen molar-refractivity contribution in [3.05, 3.63) is 64.6 Å². The van der Waals surface area contributed by atoms with Crippen LogP contribution in [0.1, 0.15) is 11.7 Å². The minimum Gasteiger partial charge on any atom is -0.378 e. The minimum absolute atomic E-state index is 0.363. The molecule has 0 radical (unpaired) electrons. The number of likely N-dealkylation sites (N-methyl/N-ethyl adjacent to an activating group) is 1. The van der Waals surface area contributed by atoms with Crippen molar-refractivity contribution < 1.29 is 9.90 Å². The molecule has 1 atom stereocenters. The van der Waals surface area contributed by atoms with Crippen molar-refractivity contribution in [1.82, 2.24) is 0 Å². The highest BCUT2D eigenvalue weighted by atomic mass is 79.9. The lowest BCUT2D eigenvalue weighted by Crippen LogP contribution is -2.31. The lowest BCUT2D eigenvalue weighted by molar-refractivity contribution is -0.126. The molecule has 1 N–H and O–H groups in total. The number of para-hydroxylation sites is 1. The van der Waals surface area contributed by atoms with Gasteiger partial charge in [-0.15, -0.1) is 0 Å². The molecule has 2 aromatic carbocycles. The number of carbonyl (C=O) groups is 1. The number of anilines is 1. The van der Waals surface area contributed by atoms with Crippen LogP contribution in [0.5, 0.6) is 0 Å². The number of carbonyl (C=O) groups excluding carboxylic acids is 1. The summed E-state index contributed by atoms with van der Waals surface area (Å²) in [6, 6.07) is 16.3. The van der Waals surface area contributed by atoms with E-state index in [9.17, 15) is 9.90 Å². The number of nitrogens with zero attached hydrogens (tertiary/aromatic N) is 1. The van der Waals surface area contributed by atoms with Gasteiger partial charge in [-0.3, -0.25) is 4.79 Å². The summed E-state index contributed by atoms with van der Waals surface area (Å²) in [6.45, 7) is 0. The third-order valence-corrected chi connectivity index (χ3v) is 3.56. The zero-order chi connectivity index (χ0) is 13.8. The van der Waals surface area contributed by atoms with Crippen LogP contribution in [0.15, 0.2) is 59.1 Å². The number of aliphatic hydroxyl groups excluding tert-OH is 1. The molecule has 2 rings (SSSR count). The van der Waals surface area contributed by atoms with E-state index < -0.39 is 6.10 Å². The largest absolute Gasteiger partial charge is 0.378 e. The SMILES string of the molecule is CN(C(=O)C(O)c1ccccc1)c1ccccc1Br. The summed E-state index contributed by atoms with van der Waals surface area (Å²) >= 11 is 3.40. The van der Waals surface area contributed by atoms with E-state index in [-0.39, 0.29) is 5.91 Å². The average Bonchev–Trinajstić information content (AvgIpc) is 2.46. The highest BCUT2D eigenvalue weighted by Crippen LogP contribution is 2.27. The highest BCUT2D eigenvalue weighted by molar-refractivity contribution is 9.10. The van der Waals surface area contributed by atoms with Gasteiger partial charge in [0.2, 0.25) is 0 Å². The van der Waals surface area contributed by atoms with Crippen LogP contribution in [0.4, 0.5) is 5.69 Å². The fourth-order valence-corrected chi connectivity index (χ4v) is 2.35. The number of amides is 1. The maximum absolute atomic E-state index is 12.3. The van der Waals surface area contributed by atoms with Crippen molar-refractivity contribution in [3.63, 3.8) is 0 Å². The van der Waals surface area contributed by atoms with Gasteiger partial charge in [-0.2, -0.15) is 0 Å². The van der Waals surface area contributed by atoms with Crippen LogP contribution in [-0.2, 0) is 4.79 Å². The Morgan fingerprint density at radius 3 is 2.32 bits per heavy atom. The number of aliphatic hydroxyl groups is 1. The molecule has 98 valence electrons. The Hall–Kier alpha value is -1.65. The first-order chi connectivity index (χ1) is 9.11. The van der Waals surface area contributed by atoms with Crippen LogP contribution in [-0.4, -0.2) is 18.1 Å². The van der Waals surface area contributed by atoms with Gasteiger partial charge in [0.15, 0.2) is 6.10 Å². The predicted molar refractivity (Wildman–Crippen MR) is 79.0 cm³/mol. The molecule has 0 aliphatic rings. The van der Waals surface area contributed by atoms with Crippen molar-refractivity contribution >= 4 is 27.5 Å². The fraction of sp³-hybridized carbons (Fsp3) is 0.133. The second-order valence-electron chi connectivity index (χ2n) is 4.16. The molecule has 0 aromatic heterocycles. The van der Waals surface area contributed by atoms with Crippen LogP contribution >= 0.6 is 15.9 Å². The fourth-order valence-electron chi connectivity index (χ4n) is 1.80. The maximum Gasteiger partial charge on any atom is 0.260 e. The molecule has 0 bridgehead atoms. The van der Waals surface area contributed by atoms with E-state index in [0.29, 0.717) is 5.56 Å². The Bertz CT molecular complexity index is 571. The molecular weight excluding hydrogens is 306 g/mol. The topological polar surface area (TPSA) is 40.5 Å². The van der Waals surface area contributed by atoms with Crippen LogP contribution in [0, 0.1) is 0 Å². The first kappa shape index (κ1) is 13.8. The third kappa shape index (κ3) is 3.03. The Morgan fingerprint density at radius 2 is 1.68 bits per heavy atom. The highest BCUT2D eigenvalue weighted by Gasteiger charge is 2.22. The smallest absolute Gasteiger partial charge is 0.260 e. The Balaban J connectivity index is 2.23. The zero-order valence-corrected chi connectivity index (χ0v) is 12.0. The number of hydrogen-bond acceptors (Lipinski definition) is 2. The van der Waals surface area contributed by atoms with E-state index in [4.69, 9.17) is 0 Å². The maximum atomic E-state index is 12.3. The standard InChI is InChI=1S/C15H14BrNO2/c1-17(13-10-6-5-9-12(13)16)15(19)14(18)11-7-3-2-4-8-11/h2-10,14,18H,1H3. The first-order valence-electron chi connectivity index (χ1n) is 5.86. The summed E-state index contributed by atoms with van der Waals surface area (Å²) in [5.41, 5.74) is 1.31. The number of rotatable bonds is 3. The van der Waals surface area contributed by atoms with Crippen LogP contribution in [0.3, 0.4) is 0 Å². The van der Waals surface area contributed by atoms with E-state index in [0.717, 1.165) is 10.2 Å². The quantitative estimate of drug-likeness (QED) is 0.944. The summed E-state index contributed by atoms with van der Waals surface area (Å²) < 4.78 is 0.811. The van der Waals surface area contributed by atoms with Gasteiger partial charge in [0.25, 0.3) is 5.91 Å². The molecule has 4 heteroatoms. The molecule has 0 heterocycles. The van der Waals surface area contributed by atoms with Crippen molar-refractivity contribution in [2.24, 2.45) is 0 Å². The Kier molecular flexibility index (Phi) is 4.35. The summed E-state index contributed by atoms with van der Waals surface area (Å²) in [6.07, 6.45) is -1.15. The molecule has 1 unspecified atom stereocenters. The normalized spacial score (nSPS) is 11.9. The zero-order valence-electron chi connectivity index (χ0n) is 10.5. The summed E-state index contributed by atoms with van der Waals surface area (Å²) in [5.74, 6) is -0.363. The molecular formula is C15H14BrNO2. The van der Waals surface area contributed by atoms with E-state index in [1.165, 1.54) is 4.90 Å². The van der Waals surface area contributed by atoms with Crippen molar-refractivity contribution in [3.8, 4) is 0 Å². The molecule has 0 fully saturated rings. The Labute approximate surface area is 120 Å². The molecule has 0 aliphatic heterocycles. The molecule has 0 saturated heterocycles. The molecule has 1 amide bonds. The molecule has 2 aromatic rings. The summed E-state index contributed by atoms with van der Waals surface area (Å²) in [7, 11) is 1.65. The second kappa shape index (κ2) is 5.99. The second-order valence-corrected chi connectivity index (χ2v) is 5.02. The number of benzene rings is 2. The van der Waals surface area contributed by atoms with E-state index in [2.05, 4.69) is 15.9 Å². The van der Waals surface area contributed by atoms with Crippen molar-refractivity contribution in [2.75, 3.05) is 11.9 Å². The average molecular weight is 320 g/mol. The minimum atomic E-state index is -1.15. The van der Waals surface area contributed by atoms with Gasteiger partial charge >= 0.3 is 0 Å². The van der Waals surface area contributed by atoms with Crippen LogP contribution in [0.2, 0.25) is 0 Å². The first-order valence-corrected chi connectivity index (χ1v) is 6.65. The van der Waals surface area contributed by atoms with Gasteiger partial charge in [-0.25, -0.2) is 0 Å².